The number of benzene rings is 2. The van der Waals surface area contributed by atoms with Gasteiger partial charge in [-0.15, -0.1) is 0 Å². The molecular formula is C21H22FN3O2. The van der Waals surface area contributed by atoms with Gasteiger partial charge >= 0.3 is 0 Å². The molecule has 0 saturated heterocycles. The number of carbonyl (C=O) groups excluding carboxylic acids is 2. The zero-order valence-electron chi connectivity index (χ0n) is 15.2. The number of aromatic amines is 1. The van der Waals surface area contributed by atoms with Gasteiger partial charge in [-0.05, 0) is 30.2 Å². The fourth-order valence-electron chi connectivity index (χ4n) is 3.09. The van der Waals surface area contributed by atoms with E-state index < -0.39 is 5.82 Å². The van der Waals surface area contributed by atoms with Gasteiger partial charge in [0.25, 0.3) is 0 Å². The lowest BCUT2D eigenvalue weighted by Gasteiger charge is -2.21. The fourth-order valence-corrected chi connectivity index (χ4v) is 3.09. The van der Waals surface area contributed by atoms with Crippen LogP contribution in [0.2, 0.25) is 0 Å². The first-order chi connectivity index (χ1) is 13.1. The first-order valence-corrected chi connectivity index (χ1v) is 8.90. The average molecular weight is 367 g/mol. The van der Waals surface area contributed by atoms with Crippen molar-refractivity contribution in [1.29, 1.82) is 0 Å². The zero-order valence-corrected chi connectivity index (χ0v) is 15.2. The molecule has 27 heavy (non-hydrogen) atoms. The highest BCUT2D eigenvalue weighted by Crippen LogP contribution is 2.19. The molecule has 0 aliphatic carbocycles. The second-order valence-electron chi connectivity index (χ2n) is 6.33. The number of aromatic nitrogens is 1. The van der Waals surface area contributed by atoms with Crippen molar-refractivity contribution in [3.63, 3.8) is 0 Å². The molecule has 0 saturated carbocycles. The second kappa shape index (κ2) is 8.49. The molecule has 0 spiro atoms. The van der Waals surface area contributed by atoms with E-state index in [0.717, 1.165) is 16.5 Å². The van der Waals surface area contributed by atoms with Crippen molar-refractivity contribution in [3.05, 3.63) is 66.1 Å². The standard InChI is InChI=1S/C21H22FN3O2/c1-15(26)25(20-9-5-3-7-18(20)22)13-11-21(27)23-12-10-16-14-24-19-8-4-2-6-17(16)19/h2-9,14,24H,10-13H2,1H3,(H,23,27). The number of H-pyrrole nitrogens is 1. The van der Waals surface area contributed by atoms with Crippen LogP contribution in [-0.2, 0) is 16.0 Å². The Morgan fingerprint density at radius 2 is 1.85 bits per heavy atom. The summed E-state index contributed by atoms with van der Waals surface area (Å²) in [4.78, 5) is 28.5. The summed E-state index contributed by atoms with van der Waals surface area (Å²) in [5.41, 5.74) is 2.40. The number of para-hydroxylation sites is 2. The number of carbonyl (C=O) groups is 2. The maximum Gasteiger partial charge on any atom is 0.223 e. The third-order valence-corrected chi connectivity index (χ3v) is 4.48. The van der Waals surface area contributed by atoms with Crippen molar-refractivity contribution in [2.45, 2.75) is 19.8 Å². The van der Waals surface area contributed by atoms with E-state index in [9.17, 15) is 14.0 Å². The molecule has 1 aromatic heterocycles. The SMILES string of the molecule is CC(=O)N(CCC(=O)NCCc1c[nH]c2ccccc12)c1ccccc1F. The van der Waals surface area contributed by atoms with Crippen LogP contribution in [0.15, 0.2) is 54.7 Å². The van der Waals surface area contributed by atoms with Crippen molar-refractivity contribution in [2.75, 3.05) is 18.0 Å². The number of nitrogens with one attached hydrogen (secondary N) is 2. The number of hydrogen-bond donors (Lipinski definition) is 2. The quantitative estimate of drug-likeness (QED) is 0.672. The molecule has 0 unspecified atom stereocenters. The van der Waals surface area contributed by atoms with Gasteiger partial charge < -0.3 is 15.2 Å². The summed E-state index contributed by atoms with van der Waals surface area (Å²) in [6, 6.07) is 14.1. The minimum Gasteiger partial charge on any atom is -0.361 e. The van der Waals surface area contributed by atoms with E-state index in [-0.39, 0.29) is 30.5 Å². The Morgan fingerprint density at radius 3 is 2.63 bits per heavy atom. The number of amides is 2. The summed E-state index contributed by atoms with van der Waals surface area (Å²) in [7, 11) is 0. The highest BCUT2D eigenvalue weighted by atomic mass is 19.1. The lowest BCUT2D eigenvalue weighted by molar-refractivity contribution is -0.121. The lowest BCUT2D eigenvalue weighted by Crippen LogP contribution is -2.34. The van der Waals surface area contributed by atoms with Crippen LogP contribution in [0.1, 0.15) is 18.9 Å². The molecular weight excluding hydrogens is 345 g/mol. The summed E-state index contributed by atoms with van der Waals surface area (Å²) < 4.78 is 13.9. The van der Waals surface area contributed by atoms with E-state index in [1.54, 1.807) is 12.1 Å². The molecule has 0 fully saturated rings. The molecule has 2 amide bonds. The van der Waals surface area contributed by atoms with Crippen LogP contribution in [0.5, 0.6) is 0 Å². The van der Waals surface area contributed by atoms with Crippen LogP contribution in [-0.4, -0.2) is 29.9 Å². The Morgan fingerprint density at radius 1 is 1.11 bits per heavy atom. The van der Waals surface area contributed by atoms with Crippen molar-refractivity contribution >= 4 is 28.4 Å². The fraction of sp³-hybridized carbons (Fsp3) is 0.238. The van der Waals surface area contributed by atoms with Gasteiger partial charge in [-0.1, -0.05) is 30.3 Å². The van der Waals surface area contributed by atoms with Crippen molar-refractivity contribution in [3.8, 4) is 0 Å². The zero-order chi connectivity index (χ0) is 19.2. The average Bonchev–Trinajstić information content (AvgIpc) is 3.06. The third kappa shape index (κ3) is 4.53. The molecule has 6 heteroatoms. The summed E-state index contributed by atoms with van der Waals surface area (Å²) in [6.07, 6.45) is 2.77. The molecule has 3 aromatic rings. The Hall–Kier alpha value is -3.15. The number of rotatable bonds is 7. The molecule has 2 aromatic carbocycles. The third-order valence-electron chi connectivity index (χ3n) is 4.48. The number of anilines is 1. The maximum absolute atomic E-state index is 13.9. The van der Waals surface area contributed by atoms with Gasteiger partial charge in [-0.25, -0.2) is 4.39 Å². The van der Waals surface area contributed by atoms with Crippen molar-refractivity contribution in [1.82, 2.24) is 10.3 Å². The monoisotopic (exact) mass is 367 g/mol. The topological polar surface area (TPSA) is 65.2 Å². The molecule has 0 atom stereocenters. The van der Waals surface area contributed by atoms with Gasteiger partial charge in [0.05, 0.1) is 5.69 Å². The first kappa shape index (κ1) is 18.6. The Kier molecular flexibility index (Phi) is 5.86. The largest absolute Gasteiger partial charge is 0.361 e. The van der Waals surface area contributed by atoms with Gasteiger partial charge in [-0.2, -0.15) is 0 Å². The Balaban J connectivity index is 1.51. The second-order valence-corrected chi connectivity index (χ2v) is 6.33. The lowest BCUT2D eigenvalue weighted by atomic mass is 10.1. The molecule has 5 nitrogen and oxygen atoms in total. The molecule has 0 bridgehead atoms. The van der Waals surface area contributed by atoms with Crippen LogP contribution >= 0.6 is 0 Å². The number of halogens is 1. The highest BCUT2D eigenvalue weighted by molar-refractivity contribution is 5.92. The summed E-state index contributed by atoms with van der Waals surface area (Å²) in [6.45, 7) is 2.00. The van der Waals surface area contributed by atoms with Gasteiger partial charge in [0.15, 0.2) is 0 Å². The minimum atomic E-state index is -0.479. The summed E-state index contributed by atoms with van der Waals surface area (Å²) in [5, 5.41) is 4.01. The van der Waals surface area contributed by atoms with Crippen molar-refractivity contribution < 1.29 is 14.0 Å². The normalized spacial score (nSPS) is 10.7. The number of nitrogens with zero attached hydrogens (tertiary/aromatic N) is 1. The molecule has 3 rings (SSSR count). The van der Waals surface area contributed by atoms with Crippen LogP contribution in [0, 0.1) is 5.82 Å². The van der Waals surface area contributed by atoms with Crippen LogP contribution in [0.4, 0.5) is 10.1 Å². The van der Waals surface area contributed by atoms with Gasteiger partial charge in [0.1, 0.15) is 5.82 Å². The van der Waals surface area contributed by atoms with Gasteiger partial charge in [0, 0.05) is 43.5 Å². The van der Waals surface area contributed by atoms with E-state index in [4.69, 9.17) is 0 Å². The van der Waals surface area contributed by atoms with E-state index in [0.29, 0.717) is 13.0 Å². The number of hydrogen-bond acceptors (Lipinski definition) is 2. The molecule has 0 aliphatic heterocycles. The molecule has 0 aliphatic rings. The Bertz CT molecular complexity index is 951. The molecule has 140 valence electrons. The molecule has 1 heterocycles. The van der Waals surface area contributed by atoms with Crippen LogP contribution in [0.25, 0.3) is 10.9 Å². The predicted molar refractivity (Wildman–Crippen MR) is 104 cm³/mol. The van der Waals surface area contributed by atoms with E-state index in [1.165, 1.54) is 24.0 Å². The van der Waals surface area contributed by atoms with Crippen LogP contribution < -0.4 is 10.2 Å². The Labute approximate surface area is 157 Å². The summed E-state index contributed by atoms with van der Waals surface area (Å²) >= 11 is 0. The predicted octanol–water partition coefficient (Wildman–Crippen LogP) is 3.41. The van der Waals surface area contributed by atoms with Crippen molar-refractivity contribution in [2.24, 2.45) is 0 Å². The highest BCUT2D eigenvalue weighted by Gasteiger charge is 2.16. The first-order valence-electron chi connectivity index (χ1n) is 8.90. The minimum absolute atomic E-state index is 0.113. The van der Waals surface area contributed by atoms with Gasteiger partial charge in [-0.3, -0.25) is 9.59 Å². The maximum atomic E-state index is 13.9. The van der Waals surface area contributed by atoms with Crippen LogP contribution in [0.3, 0.4) is 0 Å². The van der Waals surface area contributed by atoms with E-state index >= 15 is 0 Å². The smallest absolute Gasteiger partial charge is 0.223 e. The van der Waals surface area contributed by atoms with Gasteiger partial charge in [0.2, 0.25) is 11.8 Å². The molecule has 0 radical (unpaired) electrons. The van der Waals surface area contributed by atoms with E-state index in [1.807, 2.05) is 30.5 Å². The number of fused-ring (bicyclic) bond motifs is 1. The molecule has 2 N–H and O–H groups in total. The summed E-state index contributed by atoms with van der Waals surface area (Å²) in [5.74, 6) is -0.948. The van der Waals surface area contributed by atoms with E-state index in [2.05, 4.69) is 10.3 Å².